The molecule has 1 aliphatic heterocycles. The van der Waals surface area contributed by atoms with Crippen LogP contribution in [-0.2, 0) is 36.8 Å². The number of hydrogen-bond acceptors (Lipinski definition) is 8. The molecule has 5 amide bonds. The minimum absolute atomic E-state index is 0.0347. The zero-order chi connectivity index (χ0) is 37.0. The molecule has 6 atom stereocenters. The van der Waals surface area contributed by atoms with Crippen molar-refractivity contribution in [2.45, 2.75) is 129 Å². The standard InChI is InChI=1S/C36H55N7O7/c1-21(2)13-25-26(17-31(45)39-25)40-32(46)18-30(44)27(14-22(3)4)41-34(48)29(16-24-19-37-20-38-24)42-33(47)28(15-23-11-9-8-10-12-23)43-35(49)50-36(5,6)7/h8-12,19-22,25-30,44H,13-18H2,1-7H3,(H,37,38)(H,39,45)(H,40,46)(H,41,48)(H,42,47)(H,43,49)/t25-,26-,27-,28-,29-,30-/m0/s1. The van der Waals surface area contributed by atoms with E-state index in [1.165, 1.54) is 12.5 Å². The van der Waals surface area contributed by atoms with E-state index >= 15 is 0 Å². The summed E-state index contributed by atoms with van der Waals surface area (Å²) in [5.74, 6) is -1.42. The number of aromatic amines is 1. The maximum Gasteiger partial charge on any atom is 0.408 e. The lowest BCUT2D eigenvalue weighted by Crippen LogP contribution is -2.58. The van der Waals surface area contributed by atoms with Crippen molar-refractivity contribution in [3.63, 3.8) is 0 Å². The highest BCUT2D eigenvalue weighted by molar-refractivity contribution is 5.92. The van der Waals surface area contributed by atoms with Gasteiger partial charge in [-0.15, -0.1) is 0 Å². The average Bonchev–Trinajstić information content (AvgIpc) is 3.63. The van der Waals surface area contributed by atoms with Crippen molar-refractivity contribution in [3.05, 3.63) is 54.1 Å². The summed E-state index contributed by atoms with van der Waals surface area (Å²) >= 11 is 0. The van der Waals surface area contributed by atoms with Gasteiger partial charge < -0.3 is 41.4 Å². The third-order valence-electron chi connectivity index (χ3n) is 8.12. The molecule has 1 saturated heterocycles. The summed E-state index contributed by atoms with van der Waals surface area (Å²) in [6.45, 7) is 13.1. The Balaban J connectivity index is 1.77. The Labute approximate surface area is 294 Å². The number of aliphatic hydroxyl groups excluding tert-OH is 1. The number of H-pyrrole nitrogens is 1. The number of carbonyl (C=O) groups excluding carboxylic acids is 5. The highest BCUT2D eigenvalue weighted by Crippen LogP contribution is 2.18. The van der Waals surface area contributed by atoms with Crippen LogP contribution in [0.2, 0.25) is 0 Å². The van der Waals surface area contributed by atoms with Crippen molar-refractivity contribution < 1.29 is 33.8 Å². The topological polar surface area (TPSA) is 204 Å². The maximum atomic E-state index is 13.9. The summed E-state index contributed by atoms with van der Waals surface area (Å²) in [7, 11) is 0. The zero-order valence-electron chi connectivity index (χ0n) is 30.2. The normalized spacial score (nSPS) is 18.5. The van der Waals surface area contributed by atoms with Gasteiger partial charge in [-0.2, -0.15) is 0 Å². The van der Waals surface area contributed by atoms with Crippen LogP contribution in [0.4, 0.5) is 4.79 Å². The molecule has 14 heteroatoms. The molecule has 276 valence electrons. The lowest BCUT2D eigenvalue weighted by molar-refractivity contribution is -0.131. The Bertz CT molecular complexity index is 1410. The molecule has 3 rings (SSSR count). The molecule has 50 heavy (non-hydrogen) atoms. The predicted octanol–water partition coefficient (Wildman–Crippen LogP) is 2.27. The lowest BCUT2D eigenvalue weighted by Gasteiger charge is -2.29. The van der Waals surface area contributed by atoms with Gasteiger partial charge in [0.15, 0.2) is 0 Å². The number of carbonyl (C=O) groups is 5. The predicted molar refractivity (Wildman–Crippen MR) is 187 cm³/mol. The van der Waals surface area contributed by atoms with Crippen LogP contribution in [0.25, 0.3) is 0 Å². The minimum atomic E-state index is -1.25. The van der Waals surface area contributed by atoms with Crippen molar-refractivity contribution in [2.24, 2.45) is 11.8 Å². The van der Waals surface area contributed by atoms with Gasteiger partial charge >= 0.3 is 6.09 Å². The second-order valence-electron chi connectivity index (χ2n) is 14.9. The van der Waals surface area contributed by atoms with E-state index in [4.69, 9.17) is 4.74 Å². The number of aliphatic hydroxyl groups is 1. The molecule has 1 aromatic heterocycles. The van der Waals surface area contributed by atoms with Gasteiger partial charge in [-0.3, -0.25) is 19.2 Å². The molecule has 1 aliphatic rings. The van der Waals surface area contributed by atoms with Crippen LogP contribution in [0.1, 0.15) is 85.4 Å². The summed E-state index contributed by atoms with van der Waals surface area (Å²) in [4.78, 5) is 72.6. The third-order valence-corrected chi connectivity index (χ3v) is 8.12. The molecule has 0 saturated carbocycles. The fraction of sp³-hybridized carbons (Fsp3) is 0.611. The van der Waals surface area contributed by atoms with Crippen molar-refractivity contribution >= 4 is 29.7 Å². The van der Waals surface area contributed by atoms with Gasteiger partial charge in [0.25, 0.3) is 0 Å². The number of alkyl carbamates (subject to hydrolysis) is 1. The van der Waals surface area contributed by atoms with Crippen LogP contribution < -0.4 is 26.6 Å². The van der Waals surface area contributed by atoms with Crippen molar-refractivity contribution in [2.75, 3.05) is 0 Å². The SMILES string of the molecule is CC(C)C[C@@H]1NC(=O)C[C@@H]1NC(=O)C[C@H](O)[C@H](CC(C)C)NC(=O)[C@H](Cc1cnc[nH]1)NC(=O)[C@H](Cc1ccccc1)NC(=O)OC(C)(C)C. The molecule has 0 radical (unpaired) electrons. The van der Waals surface area contributed by atoms with Crippen LogP contribution in [0, 0.1) is 11.8 Å². The van der Waals surface area contributed by atoms with Crippen LogP contribution in [0.15, 0.2) is 42.9 Å². The molecule has 0 bridgehead atoms. The van der Waals surface area contributed by atoms with Crippen molar-refractivity contribution in [1.82, 2.24) is 36.6 Å². The highest BCUT2D eigenvalue weighted by atomic mass is 16.6. The summed E-state index contributed by atoms with van der Waals surface area (Å²) in [5, 5.41) is 25.4. The maximum absolute atomic E-state index is 13.9. The van der Waals surface area contributed by atoms with Gasteiger partial charge in [0.05, 0.1) is 30.9 Å². The van der Waals surface area contributed by atoms with Crippen LogP contribution >= 0.6 is 0 Å². The first kappa shape index (κ1) is 40.0. The second kappa shape index (κ2) is 18.5. The molecule has 2 heterocycles. The van der Waals surface area contributed by atoms with Gasteiger partial charge in [0.1, 0.15) is 17.7 Å². The third kappa shape index (κ3) is 13.8. The van der Waals surface area contributed by atoms with Crippen LogP contribution in [-0.4, -0.2) is 86.7 Å². The van der Waals surface area contributed by atoms with Gasteiger partial charge in [-0.25, -0.2) is 9.78 Å². The van der Waals surface area contributed by atoms with Gasteiger partial charge in [0.2, 0.25) is 23.6 Å². The molecule has 0 spiro atoms. The molecule has 0 unspecified atom stereocenters. The van der Waals surface area contributed by atoms with E-state index < -0.39 is 59.7 Å². The summed E-state index contributed by atoms with van der Waals surface area (Å²) in [5.41, 5.74) is 0.553. The first-order valence-corrected chi connectivity index (χ1v) is 17.4. The van der Waals surface area contributed by atoms with Gasteiger partial charge in [-0.1, -0.05) is 58.0 Å². The summed E-state index contributed by atoms with van der Waals surface area (Å²) in [6, 6.07) is 5.49. The number of amides is 5. The van der Waals surface area contributed by atoms with Crippen molar-refractivity contribution in [1.29, 1.82) is 0 Å². The van der Waals surface area contributed by atoms with Crippen LogP contribution in [0.5, 0.6) is 0 Å². The molecule has 14 nitrogen and oxygen atoms in total. The van der Waals surface area contributed by atoms with Gasteiger partial charge in [-0.05, 0) is 51.0 Å². The zero-order valence-corrected chi connectivity index (χ0v) is 30.2. The lowest BCUT2D eigenvalue weighted by atomic mass is 9.95. The fourth-order valence-electron chi connectivity index (χ4n) is 5.90. The fourth-order valence-corrected chi connectivity index (χ4v) is 5.90. The summed E-state index contributed by atoms with van der Waals surface area (Å²) in [6.07, 6.45) is 2.04. The van der Waals surface area contributed by atoms with E-state index in [2.05, 4.69) is 36.6 Å². The highest BCUT2D eigenvalue weighted by Gasteiger charge is 2.36. The summed E-state index contributed by atoms with van der Waals surface area (Å²) < 4.78 is 5.41. The first-order valence-electron chi connectivity index (χ1n) is 17.4. The van der Waals surface area contributed by atoms with Gasteiger partial charge in [0, 0.05) is 37.2 Å². The minimum Gasteiger partial charge on any atom is -0.444 e. The number of nitrogens with zero attached hydrogens (tertiary/aromatic N) is 1. The Morgan fingerprint density at radius 2 is 1.62 bits per heavy atom. The average molecular weight is 698 g/mol. The quantitative estimate of drug-likeness (QED) is 0.130. The monoisotopic (exact) mass is 697 g/mol. The second-order valence-corrected chi connectivity index (χ2v) is 14.9. The Morgan fingerprint density at radius 3 is 2.22 bits per heavy atom. The Kier molecular flexibility index (Phi) is 14.8. The Morgan fingerprint density at radius 1 is 0.960 bits per heavy atom. The number of imidazole rings is 1. The first-order chi connectivity index (χ1) is 23.5. The number of benzene rings is 1. The van der Waals surface area contributed by atoms with E-state index in [9.17, 15) is 29.1 Å². The van der Waals surface area contributed by atoms with E-state index in [-0.39, 0.29) is 43.6 Å². The van der Waals surface area contributed by atoms with E-state index in [0.717, 1.165) is 5.56 Å². The number of nitrogens with one attached hydrogen (secondary N) is 6. The largest absolute Gasteiger partial charge is 0.444 e. The molecule has 1 aromatic carbocycles. The van der Waals surface area contributed by atoms with E-state index in [0.29, 0.717) is 24.5 Å². The number of ether oxygens (including phenoxy) is 1. The molecule has 1 fully saturated rings. The smallest absolute Gasteiger partial charge is 0.408 e. The van der Waals surface area contributed by atoms with Crippen molar-refractivity contribution in [3.8, 4) is 0 Å². The van der Waals surface area contributed by atoms with E-state index in [1.807, 2.05) is 58.0 Å². The van der Waals surface area contributed by atoms with Crippen LogP contribution in [0.3, 0.4) is 0 Å². The molecule has 2 aromatic rings. The molecular weight excluding hydrogens is 642 g/mol. The Hall–Kier alpha value is -4.46. The number of hydrogen-bond donors (Lipinski definition) is 7. The molecule has 0 aliphatic carbocycles. The number of rotatable bonds is 17. The van der Waals surface area contributed by atoms with E-state index in [1.54, 1.807) is 20.8 Å². The number of aromatic nitrogens is 2. The molecule has 7 N–H and O–H groups in total. The molecular formula is C36H55N7O7.